The monoisotopic (exact) mass is 224 g/mol. The van der Waals surface area contributed by atoms with Gasteiger partial charge in [0.1, 0.15) is 0 Å². The summed E-state index contributed by atoms with van der Waals surface area (Å²) in [6.07, 6.45) is 7.31. The summed E-state index contributed by atoms with van der Waals surface area (Å²) in [6.45, 7) is 8.06. The molecule has 2 aliphatic rings. The molecule has 0 aromatic carbocycles. The standard InChI is InChI=1S/C14H28N2/c1-11(2)16-9-3-8-15-10-14(12-4-5-12)13-6-7-13/h11-16H,3-10H2,1-2H3. The lowest BCUT2D eigenvalue weighted by Crippen LogP contribution is -2.30. The molecule has 0 radical (unpaired) electrons. The first-order valence-corrected chi connectivity index (χ1v) is 7.21. The quantitative estimate of drug-likeness (QED) is 0.588. The predicted molar refractivity (Wildman–Crippen MR) is 69.6 cm³/mol. The van der Waals surface area contributed by atoms with Crippen LogP contribution >= 0.6 is 0 Å². The summed E-state index contributed by atoms with van der Waals surface area (Å²) >= 11 is 0. The van der Waals surface area contributed by atoms with Crippen LogP contribution in [0.25, 0.3) is 0 Å². The normalized spacial score (nSPS) is 21.0. The molecule has 0 spiro atoms. The molecule has 2 N–H and O–H groups in total. The third kappa shape index (κ3) is 4.42. The molecule has 0 aliphatic heterocycles. The number of nitrogens with one attached hydrogen (secondary N) is 2. The third-order valence-corrected chi connectivity index (χ3v) is 3.92. The molecule has 2 rings (SSSR count). The molecule has 0 amide bonds. The maximum atomic E-state index is 3.66. The molecular weight excluding hydrogens is 196 g/mol. The van der Waals surface area contributed by atoms with Gasteiger partial charge < -0.3 is 10.6 Å². The van der Waals surface area contributed by atoms with Gasteiger partial charge in [-0.15, -0.1) is 0 Å². The fraction of sp³-hybridized carbons (Fsp3) is 1.00. The highest BCUT2D eigenvalue weighted by molar-refractivity contribution is 4.92. The zero-order valence-electron chi connectivity index (χ0n) is 11.0. The van der Waals surface area contributed by atoms with Gasteiger partial charge in [0.15, 0.2) is 0 Å². The van der Waals surface area contributed by atoms with Crippen molar-refractivity contribution in [1.82, 2.24) is 10.6 Å². The Bertz CT molecular complexity index is 183. The molecule has 2 fully saturated rings. The fourth-order valence-electron chi connectivity index (χ4n) is 2.64. The van der Waals surface area contributed by atoms with E-state index in [1.54, 1.807) is 0 Å². The van der Waals surface area contributed by atoms with E-state index >= 15 is 0 Å². The van der Waals surface area contributed by atoms with E-state index in [9.17, 15) is 0 Å². The molecule has 16 heavy (non-hydrogen) atoms. The molecule has 2 saturated carbocycles. The number of hydrogen-bond donors (Lipinski definition) is 2. The van der Waals surface area contributed by atoms with Gasteiger partial charge in [0.05, 0.1) is 0 Å². The Balaban J connectivity index is 1.46. The molecule has 0 atom stereocenters. The summed E-state index contributed by atoms with van der Waals surface area (Å²) < 4.78 is 0. The minimum Gasteiger partial charge on any atom is -0.316 e. The second-order valence-corrected chi connectivity index (χ2v) is 6.01. The van der Waals surface area contributed by atoms with E-state index in [0.29, 0.717) is 6.04 Å². The summed E-state index contributed by atoms with van der Waals surface area (Å²) in [6, 6.07) is 0.630. The van der Waals surface area contributed by atoms with Crippen LogP contribution in [0.5, 0.6) is 0 Å². The van der Waals surface area contributed by atoms with Crippen LogP contribution in [0.4, 0.5) is 0 Å². The second kappa shape index (κ2) is 6.02. The molecule has 2 aliphatic carbocycles. The largest absolute Gasteiger partial charge is 0.316 e. The molecule has 0 heterocycles. The van der Waals surface area contributed by atoms with Gasteiger partial charge in [-0.3, -0.25) is 0 Å². The topological polar surface area (TPSA) is 24.1 Å². The molecule has 0 aromatic heterocycles. The van der Waals surface area contributed by atoms with E-state index < -0.39 is 0 Å². The van der Waals surface area contributed by atoms with E-state index in [0.717, 1.165) is 24.3 Å². The summed E-state index contributed by atoms with van der Waals surface area (Å²) in [5, 5.41) is 7.13. The van der Waals surface area contributed by atoms with Crippen LogP contribution in [0.2, 0.25) is 0 Å². The van der Waals surface area contributed by atoms with Crippen LogP contribution < -0.4 is 10.6 Å². The van der Waals surface area contributed by atoms with E-state index in [-0.39, 0.29) is 0 Å². The molecular formula is C14H28N2. The molecule has 2 nitrogen and oxygen atoms in total. The minimum atomic E-state index is 0.630. The Morgan fingerprint density at radius 3 is 2.12 bits per heavy atom. The van der Waals surface area contributed by atoms with E-state index in [4.69, 9.17) is 0 Å². The van der Waals surface area contributed by atoms with Gasteiger partial charge in [-0.2, -0.15) is 0 Å². The van der Waals surface area contributed by atoms with Crippen LogP contribution in [0.1, 0.15) is 46.0 Å². The first-order valence-electron chi connectivity index (χ1n) is 7.21. The average Bonchev–Trinajstić information content (AvgIpc) is 3.10. The van der Waals surface area contributed by atoms with Gasteiger partial charge in [-0.25, -0.2) is 0 Å². The number of hydrogen-bond acceptors (Lipinski definition) is 2. The van der Waals surface area contributed by atoms with Gasteiger partial charge in [0, 0.05) is 6.04 Å². The van der Waals surface area contributed by atoms with E-state index in [1.165, 1.54) is 45.2 Å². The lowest BCUT2D eigenvalue weighted by molar-refractivity contribution is 0.377. The molecule has 94 valence electrons. The first-order chi connectivity index (χ1) is 7.77. The van der Waals surface area contributed by atoms with E-state index in [1.807, 2.05) is 0 Å². The molecule has 0 unspecified atom stereocenters. The van der Waals surface area contributed by atoms with Crippen molar-refractivity contribution in [3.8, 4) is 0 Å². The summed E-state index contributed by atoms with van der Waals surface area (Å²) in [4.78, 5) is 0. The zero-order valence-corrected chi connectivity index (χ0v) is 11.0. The number of rotatable bonds is 9. The van der Waals surface area contributed by atoms with Crippen molar-refractivity contribution in [2.24, 2.45) is 17.8 Å². The van der Waals surface area contributed by atoms with Gasteiger partial charge in [0.25, 0.3) is 0 Å². The van der Waals surface area contributed by atoms with Crippen LogP contribution in [-0.4, -0.2) is 25.7 Å². The summed E-state index contributed by atoms with van der Waals surface area (Å²) in [5.74, 6) is 3.21. The van der Waals surface area contributed by atoms with Crippen LogP contribution in [0.3, 0.4) is 0 Å². The zero-order chi connectivity index (χ0) is 11.4. The second-order valence-electron chi connectivity index (χ2n) is 6.01. The highest BCUT2D eigenvalue weighted by Gasteiger charge is 2.40. The summed E-state index contributed by atoms with van der Waals surface area (Å²) in [7, 11) is 0. The Labute approximate surface area is 101 Å². The Morgan fingerprint density at radius 1 is 1.00 bits per heavy atom. The summed E-state index contributed by atoms with van der Waals surface area (Å²) in [5.41, 5.74) is 0. The highest BCUT2D eigenvalue weighted by atomic mass is 14.9. The molecule has 0 saturated heterocycles. The first kappa shape index (κ1) is 12.4. The molecule has 0 aromatic rings. The van der Waals surface area contributed by atoms with Gasteiger partial charge in [0.2, 0.25) is 0 Å². The van der Waals surface area contributed by atoms with Crippen molar-refractivity contribution in [2.75, 3.05) is 19.6 Å². The Hall–Kier alpha value is -0.0800. The SMILES string of the molecule is CC(C)NCCCNCC(C1CC1)C1CC1. The van der Waals surface area contributed by atoms with Gasteiger partial charge in [-0.1, -0.05) is 13.8 Å². The van der Waals surface area contributed by atoms with Crippen LogP contribution in [-0.2, 0) is 0 Å². The van der Waals surface area contributed by atoms with Crippen LogP contribution in [0, 0.1) is 17.8 Å². The average molecular weight is 224 g/mol. The van der Waals surface area contributed by atoms with Gasteiger partial charge >= 0.3 is 0 Å². The van der Waals surface area contributed by atoms with Crippen molar-refractivity contribution < 1.29 is 0 Å². The smallest absolute Gasteiger partial charge is 0.00103 e. The molecule has 0 bridgehead atoms. The minimum absolute atomic E-state index is 0.630. The predicted octanol–water partition coefficient (Wildman–Crippen LogP) is 2.40. The van der Waals surface area contributed by atoms with Crippen molar-refractivity contribution in [2.45, 2.75) is 52.0 Å². The maximum absolute atomic E-state index is 3.66. The van der Waals surface area contributed by atoms with Crippen molar-refractivity contribution in [1.29, 1.82) is 0 Å². The Morgan fingerprint density at radius 2 is 1.62 bits per heavy atom. The van der Waals surface area contributed by atoms with Crippen molar-refractivity contribution in [3.63, 3.8) is 0 Å². The third-order valence-electron chi connectivity index (χ3n) is 3.92. The maximum Gasteiger partial charge on any atom is 0.00103 e. The van der Waals surface area contributed by atoms with Crippen LogP contribution in [0.15, 0.2) is 0 Å². The Kier molecular flexibility index (Phi) is 4.66. The fourth-order valence-corrected chi connectivity index (χ4v) is 2.64. The lowest BCUT2D eigenvalue weighted by Gasteiger charge is -2.16. The van der Waals surface area contributed by atoms with Gasteiger partial charge in [-0.05, 0) is 69.5 Å². The van der Waals surface area contributed by atoms with Crippen molar-refractivity contribution >= 4 is 0 Å². The van der Waals surface area contributed by atoms with E-state index in [2.05, 4.69) is 24.5 Å². The van der Waals surface area contributed by atoms with Crippen molar-refractivity contribution in [3.05, 3.63) is 0 Å². The highest BCUT2D eigenvalue weighted by Crippen LogP contribution is 2.48. The lowest BCUT2D eigenvalue weighted by atomic mass is 9.98. The molecule has 2 heteroatoms.